The number of rotatable bonds is 4. The molecule has 7 heteroatoms. The van der Waals surface area contributed by atoms with Crippen LogP contribution >= 0.6 is 11.6 Å². The van der Waals surface area contributed by atoms with Crippen LogP contribution in [-0.2, 0) is 6.54 Å². The maximum Gasteiger partial charge on any atom is 0.270 e. The molecule has 2 aromatic rings. The number of hydrogen-bond donors (Lipinski definition) is 1. The number of nitrogens with one attached hydrogen (secondary N) is 1. The number of aromatic nitrogens is 4. The second-order valence-electron chi connectivity index (χ2n) is 4.64. The SMILES string of the molecule is CC(C)n1cc(Cl)cc1C(=O)N(C)Cc1ncn[nH]1. The number of carbonyl (C=O) groups is 1. The molecule has 19 heavy (non-hydrogen) atoms. The van der Waals surface area contributed by atoms with Crippen molar-refractivity contribution in [2.24, 2.45) is 0 Å². The summed E-state index contributed by atoms with van der Waals surface area (Å²) in [5.74, 6) is 0.543. The molecule has 6 nitrogen and oxygen atoms in total. The summed E-state index contributed by atoms with van der Waals surface area (Å²) < 4.78 is 1.86. The van der Waals surface area contributed by atoms with Crippen LogP contribution in [0.5, 0.6) is 0 Å². The molecule has 102 valence electrons. The molecule has 0 unspecified atom stereocenters. The molecule has 0 spiro atoms. The number of hydrogen-bond acceptors (Lipinski definition) is 3. The lowest BCUT2D eigenvalue weighted by atomic mass is 10.3. The maximum atomic E-state index is 12.4. The lowest BCUT2D eigenvalue weighted by Crippen LogP contribution is -2.29. The average Bonchev–Trinajstić information content (AvgIpc) is 2.97. The van der Waals surface area contributed by atoms with Gasteiger partial charge in [0.1, 0.15) is 17.8 Å². The fraction of sp³-hybridized carbons (Fsp3) is 0.417. The standard InChI is InChI=1S/C12H16ClN5O/c1-8(2)18-5-9(13)4-10(18)12(19)17(3)6-11-14-7-15-16-11/h4-5,7-8H,6H2,1-3H3,(H,14,15,16). The Bertz CT molecular complexity index is 561. The highest BCUT2D eigenvalue weighted by molar-refractivity contribution is 6.31. The normalized spacial score (nSPS) is 11.0. The predicted molar refractivity (Wildman–Crippen MR) is 72.0 cm³/mol. The van der Waals surface area contributed by atoms with Crippen LogP contribution in [0.25, 0.3) is 0 Å². The van der Waals surface area contributed by atoms with E-state index < -0.39 is 0 Å². The van der Waals surface area contributed by atoms with Gasteiger partial charge in [-0.3, -0.25) is 9.89 Å². The zero-order chi connectivity index (χ0) is 14.0. The van der Waals surface area contributed by atoms with E-state index in [4.69, 9.17) is 11.6 Å². The van der Waals surface area contributed by atoms with E-state index in [-0.39, 0.29) is 11.9 Å². The number of nitrogens with zero attached hydrogens (tertiary/aromatic N) is 4. The molecule has 0 saturated carbocycles. The first kappa shape index (κ1) is 13.6. The number of halogens is 1. The summed E-state index contributed by atoms with van der Waals surface area (Å²) in [6.07, 6.45) is 3.18. The Morgan fingerprint density at radius 1 is 1.58 bits per heavy atom. The fourth-order valence-corrected chi connectivity index (χ4v) is 2.05. The van der Waals surface area contributed by atoms with Crippen LogP contribution in [-0.4, -0.2) is 37.6 Å². The van der Waals surface area contributed by atoms with Gasteiger partial charge in [-0.1, -0.05) is 11.6 Å². The minimum atomic E-state index is -0.1000. The second kappa shape index (κ2) is 5.44. The van der Waals surface area contributed by atoms with Gasteiger partial charge in [0.05, 0.1) is 11.6 Å². The van der Waals surface area contributed by atoms with Crippen molar-refractivity contribution in [2.75, 3.05) is 7.05 Å². The third kappa shape index (κ3) is 2.96. The molecule has 0 saturated heterocycles. The highest BCUT2D eigenvalue weighted by Gasteiger charge is 2.19. The maximum absolute atomic E-state index is 12.4. The Balaban J connectivity index is 2.19. The van der Waals surface area contributed by atoms with Crippen molar-refractivity contribution in [3.63, 3.8) is 0 Å². The minimum absolute atomic E-state index is 0.1000. The van der Waals surface area contributed by atoms with E-state index in [0.29, 0.717) is 23.1 Å². The third-order valence-electron chi connectivity index (χ3n) is 2.79. The Hall–Kier alpha value is -1.82. The Kier molecular flexibility index (Phi) is 3.90. The summed E-state index contributed by atoms with van der Waals surface area (Å²) >= 11 is 5.98. The largest absolute Gasteiger partial charge is 0.339 e. The van der Waals surface area contributed by atoms with Gasteiger partial charge >= 0.3 is 0 Å². The summed E-state index contributed by atoms with van der Waals surface area (Å²) in [5.41, 5.74) is 0.571. The molecule has 0 aliphatic rings. The van der Waals surface area contributed by atoms with Crippen LogP contribution in [0, 0.1) is 0 Å². The summed E-state index contributed by atoms with van der Waals surface area (Å²) in [7, 11) is 1.72. The van der Waals surface area contributed by atoms with Crippen LogP contribution in [0.4, 0.5) is 0 Å². The molecular weight excluding hydrogens is 266 g/mol. The van der Waals surface area contributed by atoms with Gasteiger partial charge in [-0.25, -0.2) is 4.98 Å². The predicted octanol–water partition coefficient (Wildman–Crippen LogP) is 2.11. The average molecular weight is 282 g/mol. The lowest BCUT2D eigenvalue weighted by Gasteiger charge is -2.18. The zero-order valence-electron chi connectivity index (χ0n) is 11.1. The van der Waals surface area contributed by atoms with E-state index in [9.17, 15) is 4.79 Å². The van der Waals surface area contributed by atoms with E-state index >= 15 is 0 Å². The van der Waals surface area contributed by atoms with E-state index in [2.05, 4.69) is 15.2 Å². The Labute approximate surface area is 116 Å². The summed E-state index contributed by atoms with van der Waals surface area (Å²) in [6, 6.07) is 1.85. The monoisotopic (exact) mass is 281 g/mol. The molecule has 1 amide bonds. The molecule has 0 aromatic carbocycles. The van der Waals surface area contributed by atoms with E-state index in [1.807, 2.05) is 18.4 Å². The molecule has 0 aliphatic heterocycles. The minimum Gasteiger partial charge on any atom is -0.339 e. The molecular formula is C12H16ClN5O. The van der Waals surface area contributed by atoms with Gasteiger partial charge in [-0.05, 0) is 19.9 Å². The van der Waals surface area contributed by atoms with Crippen molar-refractivity contribution in [2.45, 2.75) is 26.4 Å². The molecule has 0 bridgehead atoms. The van der Waals surface area contributed by atoms with Gasteiger partial charge in [-0.2, -0.15) is 5.10 Å². The number of amides is 1. The number of carbonyl (C=O) groups excluding carboxylic acids is 1. The summed E-state index contributed by atoms with van der Waals surface area (Å²) in [4.78, 5) is 18.0. The van der Waals surface area contributed by atoms with Crippen LogP contribution in [0.1, 0.15) is 36.2 Å². The van der Waals surface area contributed by atoms with Crippen LogP contribution in [0.2, 0.25) is 5.02 Å². The quantitative estimate of drug-likeness (QED) is 0.933. The van der Waals surface area contributed by atoms with Gasteiger partial charge in [0, 0.05) is 19.3 Å². The zero-order valence-corrected chi connectivity index (χ0v) is 11.8. The van der Waals surface area contributed by atoms with Crippen LogP contribution in [0.15, 0.2) is 18.6 Å². The van der Waals surface area contributed by atoms with E-state index in [0.717, 1.165) is 0 Å². The molecule has 1 N–H and O–H groups in total. The molecule has 2 heterocycles. The van der Waals surface area contributed by atoms with Gasteiger partial charge in [0.15, 0.2) is 0 Å². The molecule has 2 aromatic heterocycles. The highest BCUT2D eigenvalue weighted by Crippen LogP contribution is 2.20. The number of aromatic amines is 1. The second-order valence-corrected chi connectivity index (χ2v) is 5.07. The fourth-order valence-electron chi connectivity index (χ4n) is 1.84. The number of H-pyrrole nitrogens is 1. The van der Waals surface area contributed by atoms with Crippen molar-refractivity contribution in [1.29, 1.82) is 0 Å². The first-order valence-electron chi connectivity index (χ1n) is 5.96. The lowest BCUT2D eigenvalue weighted by molar-refractivity contribution is 0.0769. The molecule has 2 rings (SSSR count). The summed E-state index contributed by atoms with van der Waals surface area (Å²) in [6.45, 7) is 4.38. The van der Waals surface area contributed by atoms with Gasteiger partial charge in [0.25, 0.3) is 5.91 Å². The molecule has 0 aliphatic carbocycles. The van der Waals surface area contributed by atoms with Crippen LogP contribution in [0.3, 0.4) is 0 Å². The smallest absolute Gasteiger partial charge is 0.270 e. The van der Waals surface area contributed by atoms with Crippen molar-refractivity contribution in [1.82, 2.24) is 24.6 Å². The van der Waals surface area contributed by atoms with Crippen molar-refractivity contribution in [3.05, 3.63) is 35.1 Å². The first-order chi connectivity index (χ1) is 8.99. The van der Waals surface area contributed by atoms with Gasteiger partial charge in [-0.15, -0.1) is 0 Å². The van der Waals surface area contributed by atoms with Gasteiger partial charge in [0.2, 0.25) is 0 Å². The van der Waals surface area contributed by atoms with Gasteiger partial charge < -0.3 is 9.47 Å². The molecule has 0 atom stereocenters. The van der Waals surface area contributed by atoms with E-state index in [1.54, 1.807) is 24.2 Å². The first-order valence-corrected chi connectivity index (χ1v) is 6.34. The van der Waals surface area contributed by atoms with Crippen molar-refractivity contribution < 1.29 is 4.79 Å². The Morgan fingerprint density at radius 2 is 2.32 bits per heavy atom. The van der Waals surface area contributed by atoms with E-state index in [1.165, 1.54) is 6.33 Å². The van der Waals surface area contributed by atoms with Crippen LogP contribution < -0.4 is 0 Å². The summed E-state index contributed by atoms with van der Waals surface area (Å²) in [5, 5.41) is 7.05. The molecule has 0 radical (unpaired) electrons. The molecule has 0 fully saturated rings. The highest BCUT2D eigenvalue weighted by atomic mass is 35.5. The Morgan fingerprint density at radius 3 is 2.89 bits per heavy atom. The third-order valence-corrected chi connectivity index (χ3v) is 3.00. The van der Waals surface area contributed by atoms with Crippen molar-refractivity contribution in [3.8, 4) is 0 Å². The van der Waals surface area contributed by atoms with Crippen molar-refractivity contribution >= 4 is 17.5 Å². The topological polar surface area (TPSA) is 66.8 Å².